The van der Waals surface area contributed by atoms with Gasteiger partial charge in [-0.3, -0.25) is 14.9 Å². The predicted octanol–water partition coefficient (Wildman–Crippen LogP) is 2.55. The molecule has 1 amide bonds. The minimum atomic E-state index is -0.737. The van der Waals surface area contributed by atoms with Crippen LogP contribution in [0.5, 0.6) is 11.5 Å². The maximum atomic E-state index is 13.2. The maximum Gasteiger partial charge on any atom is 0.282 e. The Morgan fingerprint density at radius 3 is 2.50 bits per heavy atom. The monoisotopic (exact) mass is 334 g/mol. The summed E-state index contributed by atoms with van der Waals surface area (Å²) in [5, 5.41) is 13.3. The van der Waals surface area contributed by atoms with Gasteiger partial charge in [-0.15, -0.1) is 0 Å². The van der Waals surface area contributed by atoms with E-state index in [4.69, 9.17) is 9.47 Å². The Kier molecular flexibility index (Phi) is 5.67. The SMILES string of the molecule is COc1ccc(OCCNC(=O)c2cc(F)ccc2[N+](=O)[O-])cc1. The summed E-state index contributed by atoms with van der Waals surface area (Å²) in [6.45, 7) is 0.264. The second-order valence-corrected chi connectivity index (χ2v) is 4.70. The van der Waals surface area contributed by atoms with Gasteiger partial charge in [0, 0.05) is 6.07 Å². The molecule has 0 saturated heterocycles. The molecule has 126 valence electrons. The number of nitro benzene ring substituents is 1. The summed E-state index contributed by atoms with van der Waals surface area (Å²) in [6, 6.07) is 9.59. The number of carbonyl (C=O) groups excluding carboxylic acids is 1. The number of amides is 1. The quantitative estimate of drug-likeness (QED) is 0.477. The lowest BCUT2D eigenvalue weighted by molar-refractivity contribution is -0.385. The van der Waals surface area contributed by atoms with Crippen molar-refractivity contribution in [2.75, 3.05) is 20.3 Å². The predicted molar refractivity (Wildman–Crippen MR) is 83.9 cm³/mol. The summed E-state index contributed by atoms with van der Waals surface area (Å²) in [4.78, 5) is 22.1. The van der Waals surface area contributed by atoms with Crippen molar-refractivity contribution in [3.05, 3.63) is 64.0 Å². The van der Waals surface area contributed by atoms with E-state index in [1.165, 1.54) is 0 Å². The smallest absolute Gasteiger partial charge is 0.282 e. The summed E-state index contributed by atoms with van der Waals surface area (Å²) < 4.78 is 23.6. The van der Waals surface area contributed by atoms with Crippen molar-refractivity contribution >= 4 is 11.6 Å². The van der Waals surface area contributed by atoms with Crippen molar-refractivity contribution in [2.24, 2.45) is 0 Å². The molecule has 2 aromatic rings. The number of nitrogens with one attached hydrogen (secondary N) is 1. The average Bonchev–Trinajstić information content (AvgIpc) is 2.58. The maximum absolute atomic E-state index is 13.2. The third-order valence-corrected chi connectivity index (χ3v) is 3.12. The Hall–Kier alpha value is -3.16. The Balaban J connectivity index is 1.89. The molecule has 0 unspecified atom stereocenters. The van der Waals surface area contributed by atoms with E-state index in [9.17, 15) is 19.3 Å². The van der Waals surface area contributed by atoms with Gasteiger partial charge in [-0.25, -0.2) is 4.39 Å². The molecule has 0 aliphatic rings. The zero-order valence-corrected chi connectivity index (χ0v) is 12.8. The van der Waals surface area contributed by atoms with E-state index in [0.29, 0.717) is 11.5 Å². The molecular formula is C16H15FN2O5. The molecule has 2 rings (SSSR count). The number of methoxy groups -OCH3 is 1. The van der Waals surface area contributed by atoms with Crippen LogP contribution in [-0.4, -0.2) is 31.1 Å². The zero-order valence-electron chi connectivity index (χ0n) is 12.8. The van der Waals surface area contributed by atoms with Gasteiger partial charge < -0.3 is 14.8 Å². The third kappa shape index (κ3) is 4.42. The fourth-order valence-corrected chi connectivity index (χ4v) is 1.95. The van der Waals surface area contributed by atoms with Crippen LogP contribution in [0.1, 0.15) is 10.4 Å². The van der Waals surface area contributed by atoms with E-state index in [1.807, 2.05) is 0 Å². The van der Waals surface area contributed by atoms with E-state index in [2.05, 4.69) is 5.32 Å². The van der Waals surface area contributed by atoms with Gasteiger partial charge in [0.25, 0.3) is 11.6 Å². The Morgan fingerprint density at radius 2 is 1.88 bits per heavy atom. The number of benzene rings is 2. The lowest BCUT2D eigenvalue weighted by Crippen LogP contribution is -2.28. The molecule has 7 nitrogen and oxygen atoms in total. The van der Waals surface area contributed by atoms with E-state index in [1.54, 1.807) is 31.4 Å². The molecule has 0 bridgehead atoms. The first-order chi connectivity index (χ1) is 11.5. The molecule has 0 heterocycles. The van der Waals surface area contributed by atoms with Gasteiger partial charge >= 0.3 is 0 Å². The number of nitrogens with zero attached hydrogens (tertiary/aromatic N) is 1. The lowest BCUT2D eigenvalue weighted by Gasteiger charge is -2.08. The van der Waals surface area contributed by atoms with Crippen molar-refractivity contribution in [3.8, 4) is 11.5 Å². The van der Waals surface area contributed by atoms with Crippen molar-refractivity contribution in [2.45, 2.75) is 0 Å². The number of hydrogen-bond donors (Lipinski definition) is 1. The number of ether oxygens (including phenoxy) is 2. The minimum absolute atomic E-state index is 0.110. The molecule has 0 saturated carbocycles. The Bertz CT molecular complexity index is 734. The molecule has 8 heteroatoms. The molecule has 2 aromatic carbocycles. The van der Waals surface area contributed by atoms with E-state index < -0.39 is 22.3 Å². The molecule has 0 spiro atoms. The highest BCUT2D eigenvalue weighted by atomic mass is 19.1. The molecule has 0 atom stereocenters. The van der Waals surface area contributed by atoms with Gasteiger partial charge in [-0.1, -0.05) is 0 Å². The van der Waals surface area contributed by atoms with Gasteiger partial charge in [0.05, 0.1) is 18.6 Å². The number of nitro groups is 1. The number of rotatable bonds is 7. The zero-order chi connectivity index (χ0) is 17.5. The van der Waals surface area contributed by atoms with E-state index in [0.717, 1.165) is 18.2 Å². The highest BCUT2D eigenvalue weighted by Gasteiger charge is 2.20. The summed E-state index contributed by atoms with van der Waals surface area (Å²) in [7, 11) is 1.55. The number of halogens is 1. The van der Waals surface area contributed by atoms with Crippen LogP contribution in [0.25, 0.3) is 0 Å². The third-order valence-electron chi connectivity index (χ3n) is 3.12. The first-order valence-electron chi connectivity index (χ1n) is 7.00. The Labute approximate surface area is 137 Å². The summed E-state index contributed by atoms with van der Waals surface area (Å²) in [5.74, 6) is -0.185. The highest BCUT2D eigenvalue weighted by molar-refractivity contribution is 5.98. The molecule has 24 heavy (non-hydrogen) atoms. The minimum Gasteiger partial charge on any atom is -0.497 e. The second-order valence-electron chi connectivity index (χ2n) is 4.70. The topological polar surface area (TPSA) is 90.7 Å². The highest BCUT2D eigenvalue weighted by Crippen LogP contribution is 2.19. The van der Waals surface area contributed by atoms with Crippen LogP contribution in [0.15, 0.2) is 42.5 Å². The van der Waals surface area contributed by atoms with Crippen LogP contribution in [0.4, 0.5) is 10.1 Å². The first kappa shape index (κ1) is 17.2. The standard InChI is InChI=1S/C16H15FN2O5/c1-23-12-3-5-13(6-4-12)24-9-8-18-16(20)14-10-11(17)2-7-15(14)19(21)22/h2-7,10H,8-9H2,1H3,(H,18,20). The number of hydrogen-bond acceptors (Lipinski definition) is 5. The molecule has 0 aromatic heterocycles. The normalized spacial score (nSPS) is 10.1. The van der Waals surface area contributed by atoms with Gasteiger partial charge in [-0.05, 0) is 36.4 Å². The van der Waals surface area contributed by atoms with Crippen LogP contribution in [0.2, 0.25) is 0 Å². The largest absolute Gasteiger partial charge is 0.497 e. The lowest BCUT2D eigenvalue weighted by atomic mass is 10.1. The molecular weight excluding hydrogens is 319 g/mol. The molecule has 1 N–H and O–H groups in total. The fraction of sp³-hybridized carbons (Fsp3) is 0.188. The van der Waals surface area contributed by atoms with E-state index in [-0.39, 0.29) is 18.7 Å². The average molecular weight is 334 g/mol. The van der Waals surface area contributed by atoms with Crippen LogP contribution in [0.3, 0.4) is 0 Å². The van der Waals surface area contributed by atoms with Gasteiger partial charge in [-0.2, -0.15) is 0 Å². The molecule has 0 aliphatic carbocycles. The fourth-order valence-electron chi connectivity index (χ4n) is 1.95. The van der Waals surface area contributed by atoms with Crippen molar-refractivity contribution in [1.82, 2.24) is 5.32 Å². The molecule has 0 aliphatic heterocycles. The summed E-state index contributed by atoms with van der Waals surface area (Å²) in [5.41, 5.74) is -0.783. The summed E-state index contributed by atoms with van der Waals surface area (Å²) >= 11 is 0. The first-order valence-corrected chi connectivity index (χ1v) is 7.00. The van der Waals surface area contributed by atoms with Crippen LogP contribution < -0.4 is 14.8 Å². The van der Waals surface area contributed by atoms with E-state index >= 15 is 0 Å². The second kappa shape index (κ2) is 7.91. The van der Waals surface area contributed by atoms with Gasteiger partial charge in [0.2, 0.25) is 0 Å². The molecule has 0 radical (unpaired) electrons. The van der Waals surface area contributed by atoms with Gasteiger partial charge in [0.1, 0.15) is 29.5 Å². The van der Waals surface area contributed by atoms with Crippen LogP contribution in [0, 0.1) is 15.9 Å². The van der Waals surface area contributed by atoms with Crippen molar-refractivity contribution < 1.29 is 23.6 Å². The summed E-state index contributed by atoms with van der Waals surface area (Å²) in [6.07, 6.45) is 0. The molecule has 0 fully saturated rings. The van der Waals surface area contributed by atoms with Gasteiger partial charge in [0.15, 0.2) is 0 Å². The Morgan fingerprint density at radius 1 is 1.21 bits per heavy atom. The number of carbonyl (C=O) groups is 1. The van der Waals surface area contributed by atoms with Crippen molar-refractivity contribution in [3.63, 3.8) is 0 Å². The van der Waals surface area contributed by atoms with Crippen molar-refractivity contribution in [1.29, 1.82) is 0 Å². The van der Waals surface area contributed by atoms with Crippen LogP contribution in [-0.2, 0) is 0 Å². The van der Waals surface area contributed by atoms with Crippen LogP contribution >= 0.6 is 0 Å².